The van der Waals surface area contributed by atoms with Gasteiger partial charge in [-0.2, -0.15) is 0 Å². The molecule has 0 aliphatic heterocycles. The molecule has 0 bridgehead atoms. The van der Waals surface area contributed by atoms with Crippen LogP contribution in [0.15, 0.2) is 0 Å². The molecule has 0 fully saturated rings. The maximum atomic E-state index is 13.5. The Morgan fingerprint density at radius 3 is 1.04 bits per heavy atom. The summed E-state index contributed by atoms with van der Waals surface area (Å²) >= 11 is 0. The fourth-order valence-corrected chi connectivity index (χ4v) is 8.57. The lowest BCUT2D eigenvalue weighted by molar-refractivity contribution is 0.121. The minimum Gasteiger partial charge on any atom is -0.330 e. The largest absolute Gasteiger partial charge is 0.330 e. The van der Waals surface area contributed by atoms with E-state index in [1.165, 1.54) is 180 Å². The van der Waals surface area contributed by atoms with E-state index in [4.69, 9.17) is 20.5 Å². The lowest BCUT2D eigenvalue weighted by Gasteiger charge is -2.25. The van der Waals surface area contributed by atoms with Gasteiger partial charge in [0.15, 0.2) is 0 Å². The van der Waals surface area contributed by atoms with E-state index in [9.17, 15) is 4.57 Å². The van der Waals surface area contributed by atoms with E-state index in [0.717, 1.165) is 58.2 Å². The molecule has 0 saturated carbocycles. The first kappa shape index (κ1) is 51.0. The molecular formula is C44H94N3O3P. The van der Waals surface area contributed by atoms with E-state index >= 15 is 0 Å². The Bertz CT molecular complexity index is 671. The Kier molecular flexibility index (Phi) is 41.2. The van der Waals surface area contributed by atoms with Crippen molar-refractivity contribution >= 4 is 7.60 Å². The maximum absolute atomic E-state index is 13.5. The first-order valence-corrected chi connectivity index (χ1v) is 25.0. The zero-order valence-corrected chi connectivity index (χ0v) is 36.0. The SMILES string of the molecule is CCCCCCCCCCCCCCCCCC(CCCCCCCCCCCCCCCCC)OP(C)(=O)OCCN(CCCN)CCCN. The van der Waals surface area contributed by atoms with E-state index in [1.807, 2.05) is 0 Å². The van der Waals surface area contributed by atoms with Crippen molar-refractivity contribution in [2.75, 3.05) is 46.0 Å². The van der Waals surface area contributed by atoms with E-state index in [2.05, 4.69) is 18.7 Å². The predicted octanol–water partition coefficient (Wildman–Crippen LogP) is 13.7. The average Bonchev–Trinajstić information content (AvgIpc) is 3.12. The minimum absolute atomic E-state index is 0.0374. The maximum Gasteiger partial charge on any atom is 0.327 e. The fraction of sp³-hybridized carbons (Fsp3) is 1.00. The van der Waals surface area contributed by atoms with Crippen molar-refractivity contribution in [3.05, 3.63) is 0 Å². The van der Waals surface area contributed by atoms with Crippen LogP contribution in [0.25, 0.3) is 0 Å². The van der Waals surface area contributed by atoms with Gasteiger partial charge in [-0.1, -0.05) is 206 Å². The number of rotatable bonds is 44. The van der Waals surface area contributed by atoms with E-state index in [0.29, 0.717) is 19.7 Å². The summed E-state index contributed by atoms with van der Waals surface area (Å²) in [6.07, 6.45) is 45.1. The molecule has 0 aliphatic carbocycles. The summed E-state index contributed by atoms with van der Waals surface area (Å²) < 4.78 is 25.7. The monoisotopic (exact) mass is 744 g/mol. The Balaban J connectivity index is 4.35. The molecule has 308 valence electrons. The van der Waals surface area contributed by atoms with Gasteiger partial charge in [0.1, 0.15) is 0 Å². The fourth-order valence-electron chi connectivity index (χ4n) is 7.34. The lowest BCUT2D eigenvalue weighted by Crippen LogP contribution is -2.31. The first-order valence-electron chi connectivity index (χ1n) is 23.0. The van der Waals surface area contributed by atoms with Crippen molar-refractivity contribution in [2.45, 2.75) is 238 Å². The van der Waals surface area contributed by atoms with Gasteiger partial charge in [-0.25, -0.2) is 0 Å². The Labute approximate surface area is 321 Å². The van der Waals surface area contributed by atoms with Crippen molar-refractivity contribution in [3.8, 4) is 0 Å². The smallest absolute Gasteiger partial charge is 0.327 e. The zero-order valence-electron chi connectivity index (χ0n) is 35.1. The van der Waals surface area contributed by atoms with Crippen molar-refractivity contribution < 1.29 is 13.6 Å². The third kappa shape index (κ3) is 39.5. The Morgan fingerprint density at radius 2 is 0.745 bits per heavy atom. The van der Waals surface area contributed by atoms with Gasteiger partial charge in [-0.05, 0) is 51.9 Å². The van der Waals surface area contributed by atoms with Gasteiger partial charge < -0.3 is 25.4 Å². The molecule has 6 nitrogen and oxygen atoms in total. The molecule has 1 unspecified atom stereocenters. The van der Waals surface area contributed by atoms with Crippen molar-refractivity contribution in [1.29, 1.82) is 0 Å². The Hall–Kier alpha value is 0.0300. The molecule has 0 spiro atoms. The number of nitrogens with zero attached hydrogens (tertiary/aromatic N) is 1. The topological polar surface area (TPSA) is 90.8 Å². The molecule has 0 aromatic carbocycles. The van der Waals surface area contributed by atoms with E-state index < -0.39 is 7.60 Å². The van der Waals surface area contributed by atoms with Gasteiger partial charge in [0, 0.05) is 13.2 Å². The van der Waals surface area contributed by atoms with Crippen LogP contribution >= 0.6 is 7.60 Å². The standard InChI is InChI=1S/C44H94N3O3P/c1-4-6-8-10-12-14-16-18-20-22-24-26-28-30-32-36-44(50-51(3,48)49-43-42-47(40-34-38-45)41-35-39-46)37-33-31-29-27-25-23-21-19-17-15-13-11-9-7-5-2/h44H,4-43,45-46H2,1-3H3. The first-order chi connectivity index (χ1) is 25.0. The van der Waals surface area contributed by atoms with Crippen LogP contribution in [0.2, 0.25) is 0 Å². The summed E-state index contributed by atoms with van der Waals surface area (Å²) in [6, 6.07) is 0. The van der Waals surface area contributed by atoms with Gasteiger partial charge in [-0.15, -0.1) is 0 Å². The van der Waals surface area contributed by atoms with Crippen LogP contribution in [-0.4, -0.2) is 57.0 Å². The third-order valence-electron chi connectivity index (χ3n) is 10.7. The molecule has 7 heteroatoms. The molecule has 51 heavy (non-hydrogen) atoms. The van der Waals surface area contributed by atoms with Crippen LogP contribution in [0, 0.1) is 0 Å². The third-order valence-corrected chi connectivity index (χ3v) is 12.0. The summed E-state index contributed by atoms with van der Waals surface area (Å²) in [6.45, 7) is 10.6. The van der Waals surface area contributed by atoms with Gasteiger partial charge in [-0.3, -0.25) is 4.57 Å². The van der Waals surface area contributed by atoms with Crippen LogP contribution in [0.5, 0.6) is 0 Å². The normalized spacial score (nSPS) is 13.2. The summed E-state index contributed by atoms with van der Waals surface area (Å²) in [5.41, 5.74) is 11.5. The van der Waals surface area contributed by atoms with E-state index in [1.54, 1.807) is 6.66 Å². The summed E-state index contributed by atoms with van der Waals surface area (Å²) in [4.78, 5) is 2.32. The van der Waals surface area contributed by atoms with E-state index in [-0.39, 0.29) is 6.10 Å². The van der Waals surface area contributed by atoms with Crippen LogP contribution in [0.4, 0.5) is 0 Å². The van der Waals surface area contributed by atoms with Crippen molar-refractivity contribution in [2.24, 2.45) is 11.5 Å². The highest BCUT2D eigenvalue weighted by Gasteiger charge is 2.23. The van der Waals surface area contributed by atoms with Gasteiger partial charge in [0.25, 0.3) is 0 Å². The lowest BCUT2D eigenvalue weighted by atomic mass is 10.0. The van der Waals surface area contributed by atoms with Gasteiger partial charge in [0.2, 0.25) is 0 Å². The minimum atomic E-state index is -3.11. The molecule has 0 radical (unpaired) electrons. The molecule has 0 rings (SSSR count). The number of unbranched alkanes of at least 4 members (excludes halogenated alkanes) is 28. The molecule has 4 N–H and O–H groups in total. The van der Waals surface area contributed by atoms with Crippen molar-refractivity contribution in [3.63, 3.8) is 0 Å². The zero-order chi connectivity index (χ0) is 37.4. The van der Waals surface area contributed by atoms with Gasteiger partial charge >= 0.3 is 7.60 Å². The number of nitrogens with two attached hydrogens (primary N) is 2. The van der Waals surface area contributed by atoms with Crippen LogP contribution < -0.4 is 11.5 Å². The Morgan fingerprint density at radius 1 is 0.451 bits per heavy atom. The quantitative estimate of drug-likeness (QED) is 0.0477. The molecule has 0 aliphatic rings. The molecule has 0 amide bonds. The highest BCUT2D eigenvalue weighted by Crippen LogP contribution is 2.46. The highest BCUT2D eigenvalue weighted by atomic mass is 31.2. The van der Waals surface area contributed by atoms with Crippen LogP contribution in [0.1, 0.15) is 232 Å². The number of hydrogen-bond acceptors (Lipinski definition) is 6. The molecule has 1 atom stereocenters. The molecule has 0 aromatic heterocycles. The molecular weight excluding hydrogens is 649 g/mol. The summed E-state index contributed by atoms with van der Waals surface area (Å²) in [5, 5.41) is 0. The highest BCUT2D eigenvalue weighted by molar-refractivity contribution is 7.53. The van der Waals surface area contributed by atoms with Crippen LogP contribution in [-0.2, 0) is 13.6 Å². The summed E-state index contributed by atoms with van der Waals surface area (Å²) in [5.74, 6) is 0. The average molecular weight is 744 g/mol. The second kappa shape index (κ2) is 41.2. The second-order valence-electron chi connectivity index (χ2n) is 15.9. The molecule has 0 saturated heterocycles. The van der Waals surface area contributed by atoms with Gasteiger partial charge in [0.05, 0.1) is 12.7 Å². The number of hydrogen-bond donors (Lipinski definition) is 2. The molecule has 0 aromatic rings. The summed E-state index contributed by atoms with van der Waals surface area (Å²) in [7, 11) is -3.11. The van der Waals surface area contributed by atoms with Crippen molar-refractivity contribution in [1.82, 2.24) is 4.90 Å². The predicted molar refractivity (Wildman–Crippen MR) is 227 cm³/mol. The molecule has 0 heterocycles. The van der Waals surface area contributed by atoms with Crippen LogP contribution in [0.3, 0.4) is 0 Å². The second-order valence-corrected chi connectivity index (χ2v) is 17.9.